The minimum absolute atomic E-state index is 0.0918. The van der Waals surface area contributed by atoms with Gasteiger partial charge in [-0.25, -0.2) is 13.2 Å². The van der Waals surface area contributed by atoms with Crippen molar-refractivity contribution in [3.63, 3.8) is 0 Å². The summed E-state index contributed by atoms with van der Waals surface area (Å²) in [5.74, 6) is -1.21. The molecule has 0 aliphatic carbocycles. The van der Waals surface area contributed by atoms with Gasteiger partial charge in [-0.05, 0) is 56.2 Å². The standard InChI is InChI=1S/C20H23ClN2O5S/c1-12-6-7-13(2)18(10-12)23(29(5,26)27)14(3)19(24)22-15-8-9-17(21)16(11-15)20(25)28-4/h6-11,14H,1-5H3,(H,22,24)/t14-/m1/s1. The topological polar surface area (TPSA) is 92.8 Å². The molecule has 1 amide bonds. The Labute approximate surface area is 175 Å². The minimum atomic E-state index is -3.75. The molecule has 0 aromatic heterocycles. The Bertz CT molecular complexity index is 1050. The highest BCUT2D eigenvalue weighted by Gasteiger charge is 2.30. The lowest BCUT2D eigenvalue weighted by atomic mass is 10.1. The first-order chi connectivity index (χ1) is 13.5. The number of hydrogen-bond donors (Lipinski definition) is 1. The number of methoxy groups -OCH3 is 1. The molecule has 0 saturated carbocycles. The fourth-order valence-corrected chi connectivity index (χ4v) is 4.27. The molecule has 2 aromatic rings. The number of nitrogens with zero attached hydrogens (tertiary/aromatic N) is 1. The Hall–Kier alpha value is -2.58. The van der Waals surface area contributed by atoms with Gasteiger partial charge in [0.25, 0.3) is 0 Å². The van der Waals surface area contributed by atoms with Crippen molar-refractivity contribution in [2.45, 2.75) is 26.8 Å². The van der Waals surface area contributed by atoms with Gasteiger partial charge in [-0.1, -0.05) is 23.7 Å². The van der Waals surface area contributed by atoms with Crippen molar-refractivity contribution in [1.29, 1.82) is 0 Å². The van der Waals surface area contributed by atoms with E-state index in [1.807, 2.05) is 13.0 Å². The highest BCUT2D eigenvalue weighted by molar-refractivity contribution is 7.92. The highest BCUT2D eigenvalue weighted by Crippen LogP contribution is 2.27. The predicted molar refractivity (Wildman–Crippen MR) is 114 cm³/mol. The zero-order valence-electron chi connectivity index (χ0n) is 16.8. The van der Waals surface area contributed by atoms with Gasteiger partial charge in [-0.2, -0.15) is 0 Å². The van der Waals surface area contributed by atoms with Crippen molar-refractivity contribution in [3.05, 3.63) is 58.1 Å². The van der Waals surface area contributed by atoms with Crippen LogP contribution >= 0.6 is 11.6 Å². The van der Waals surface area contributed by atoms with Crippen LogP contribution in [0.4, 0.5) is 11.4 Å². The molecule has 0 saturated heterocycles. The summed E-state index contributed by atoms with van der Waals surface area (Å²) in [6, 6.07) is 8.69. The third kappa shape index (κ3) is 5.27. The maximum atomic E-state index is 12.8. The predicted octanol–water partition coefficient (Wildman–Crippen LogP) is 3.54. The maximum Gasteiger partial charge on any atom is 0.339 e. The van der Waals surface area contributed by atoms with Gasteiger partial charge in [-0.3, -0.25) is 9.10 Å². The number of carbonyl (C=O) groups excluding carboxylic acids is 2. The lowest BCUT2D eigenvalue weighted by Gasteiger charge is -2.29. The number of benzene rings is 2. The van der Waals surface area contributed by atoms with Crippen molar-refractivity contribution >= 4 is 44.9 Å². The fraction of sp³-hybridized carbons (Fsp3) is 0.300. The number of aryl methyl sites for hydroxylation is 2. The second kappa shape index (κ2) is 8.84. The number of anilines is 2. The van der Waals surface area contributed by atoms with Crippen molar-refractivity contribution < 1.29 is 22.7 Å². The largest absolute Gasteiger partial charge is 0.465 e. The third-order valence-electron chi connectivity index (χ3n) is 4.33. The highest BCUT2D eigenvalue weighted by atomic mass is 35.5. The van der Waals surface area contributed by atoms with Gasteiger partial charge < -0.3 is 10.1 Å². The molecule has 0 radical (unpaired) electrons. The van der Waals surface area contributed by atoms with Crippen LogP contribution in [0.2, 0.25) is 5.02 Å². The van der Waals surface area contributed by atoms with E-state index in [1.54, 1.807) is 19.1 Å². The molecular formula is C20H23ClN2O5S. The fourth-order valence-electron chi connectivity index (χ4n) is 2.85. The Balaban J connectivity index is 2.38. The second-order valence-electron chi connectivity index (χ2n) is 6.70. The van der Waals surface area contributed by atoms with Gasteiger partial charge in [0.2, 0.25) is 15.9 Å². The Morgan fingerprint density at radius 2 is 1.79 bits per heavy atom. The summed E-state index contributed by atoms with van der Waals surface area (Å²) in [4.78, 5) is 24.6. The first-order valence-electron chi connectivity index (χ1n) is 8.71. The zero-order chi connectivity index (χ0) is 21.9. The van der Waals surface area contributed by atoms with Crippen molar-refractivity contribution in [2.75, 3.05) is 23.0 Å². The second-order valence-corrected chi connectivity index (χ2v) is 8.97. The van der Waals surface area contributed by atoms with E-state index >= 15 is 0 Å². The van der Waals surface area contributed by atoms with Gasteiger partial charge in [0.1, 0.15) is 6.04 Å². The lowest BCUT2D eigenvalue weighted by Crippen LogP contribution is -2.45. The number of carbonyl (C=O) groups is 2. The average Bonchev–Trinajstić information content (AvgIpc) is 2.64. The molecule has 0 bridgehead atoms. The summed E-state index contributed by atoms with van der Waals surface area (Å²) in [6.07, 6.45) is 1.05. The molecule has 156 valence electrons. The van der Waals surface area contributed by atoms with Crippen molar-refractivity contribution in [1.82, 2.24) is 0 Å². The van der Waals surface area contributed by atoms with Gasteiger partial charge in [-0.15, -0.1) is 0 Å². The molecule has 0 spiro atoms. The number of esters is 1. The maximum absolute atomic E-state index is 12.8. The van der Waals surface area contributed by atoms with Gasteiger partial charge in [0.05, 0.1) is 29.6 Å². The van der Waals surface area contributed by atoms with Gasteiger partial charge in [0.15, 0.2) is 0 Å². The van der Waals surface area contributed by atoms with Crippen LogP contribution in [0, 0.1) is 13.8 Å². The monoisotopic (exact) mass is 438 g/mol. The quantitative estimate of drug-likeness (QED) is 0.696. The van der Waals surface area contributed by atoms with Crippen LogP contribution in [0.5, 0.6) is 0 Å². The van der Waals surface area contributed by atoms with E-state index in [1.165, 1.54) is 32.2 Å². The van der Waals surface area contributed by atoms with Crippen molar-refractivity contribution in [2.24, 2.45) is 0 Å². The van der Waals surface area contributed by atoms with Crippen LogP contribution in [0.25, 0.3) is 0 Å². The zero-order valence-corrected chi connectivity index (χ0v) is 18.4. The number of amides is 1. The van der Waals surface area contributed by atoms with E-state index in [4.69, 9.17) is 11.6 Å². The number of ether oxygens (including phenoxy) is 1. The SMILES string of the molecule is COC(=O)c1cc(NC(=O)[C@@H](C)N(c2cc(C)ccc2C)S(C)(=O)=O)ccc1Cl. The van der Waals surface area contributed by atoms with E-state index in [0.29, 0.717) is 11.4 Å². The van der Waals surface area contributed by atoms with Crippen LogP contribution in [0.1, 0.15) is 28.4 Å². The summed E-state index contributed by atoms with van der Waals surface area (Å²) >= 11 is 5.99. The molecular weight excluding hydrogens is 416 g/mol. The first-order valence-corrected chi connectivity index (χ1v) is 10.9. The molecule has 29 heavy (non-hydrogen) atoms. The van der Waals surface area contributed by atoms with Gasteiger partial charge >= 0.3 is 5.97 Å². The van der Waals surface area contributed by atoms with E-state index in [0.717, 1.165) is 21.7 Å². The average molecular weight is 439 g/mol. The lowest BCUT2D eigenvalue weighted by molar-refractivity contribution is -0.116. The van der Waals surface area contributed by atoms with E-state index in [-0.39, 0.29) is 10.6 Å². The summed E-state index contributed by atoms with van der Waals surface area (Å²) < 4.78 is 30.7. The van der Waals surface area contributed by atoms with Crippen LogP contribution in [-0.2, 0) is 19.6 Å². The normalized spacial score (nSPS) is 12.2. The van der Waals surface area contributed by atoms with Crippen LogP contribution < -0.4 is 9.62 Å². The first kappa shape index (κ1) is 22.7. The summed E-state index contributed by atoms with van der Waals surface area (Å²) in [5.41, 5.74) is 2.41. The molecule has 1 N–H and O–H groups in total. The molecule has 0 fully saturated rings. The smallest absolute Gasteiger partial charge is 0.339 e. The van der Waals surface area contributed by atoms with E-state index < -0.39 is 27.9 Å². The third-order valence-corrected chi connectivity index (χ3v) is 5.89. The van der Waals surface area contributed by atoms with Crippen LogP contribution in [0.3, 0.4) is 0 Å². The molecule has 0 aliphatic heterocycles. The molecule has 7 nitrogen and oxygen atoms in total. The van der Waals surface area contributed by atoms with Gasteiger partial charge in [0, 0.05) is 5.69 Å². The number of sulfonamides is 1. The molecule has 0 heterocycles. The Kier molecular flexibility index (Phi) is 6.92. The molecule has 9 heteroatoms. The number of rotatable bonds is 6. The Morgan fingerprint density at radius 1 is 1.14 bits per heavy atom. The molecule has 1 atom stereocenters. The summed E-state index contributed by atoms with van der Waals surface area (Å²) in [7, 11) is -2.53. The number of halogens is 1. The number of nitrogens with one attached hydrogen (secondary N) is 1. The molecule has 2 aromatic carbocycles. The van der Waals surface area contributed by atoms with E-state index in [9.17, 15) is 18.0 Å². The summed E-state index contributed by atoms with van der Waals surface area (Å²) in [6.45, 7) is 5.12. The molecule has 0 unspecified atom stereocenters. The van der Waals surface area contributed by atoms with E-state index in [2.05, 4.69) is 10.1 Å². The Morgan fingerprint density at radius 3 is 2.38 bits per heavy atom. The minimum Gasteiger partial charge on any atom is -0.465 e. The number of hydrogen-bond acceptors (Lipinski definition) is 5. The molecule has 2 rings (SSSR count). The van der Waals surface area contributed by atoms with Crippen LogP contribution in [-0.4, -0.2) is 39.7 Å². The molecule has 0 aliphatic rings. The van der Waals surface area contributed by atoms with Crippen molar-refractivity contribution in [3.8, 4) is 0 Å². The van der Waals surface area contributed by atoms with Crippen LogP contribution in [0.15, 0.2) is 36.4 Å². The summed E-state index contributed by atoms with van der Waals surface area (Å²) in [5, 5.41) is 2.81.